The molecule has 1 saturated carbocycles. The van der Waals surface area contributed by atoms with Crippen molar-refractivity contribution in [3.05, 3.63) is 64.9 Å². The maximum atomic E-state index is 12.3. The third-order valence-corrected chi connectivity index (χ3v) is 7.50. The molecule has 0 atom stereocenters. The molecule has 0 radical (unpaired) electrons. The number of rotatable bonds is 5. The molecule has 1 aromatic carbocycles. The van der Waals surface area contributed by atoms with Crippen molar-refractivity contribution in [2.24, 2.45) is 5.92 Å². The van der Waals surface area contributed by atoms with Gasteiger partial charge >= 0.3 is 0 Å². The minimum absolute atomic E-state index is 0.0118. The van der Waals surface area contributed by atoms with E-state index in [1.54, 1.807) is 0 Å². The zero-order valence-electron chi connectivity index (χ0n) is 18.6. The van der Waals surface area contributed by atoms with E-state index in [1.807, 2.05) is 33.5 Å². The Kier molecular flexibility index (Phi) is 5.26. The molecule has 4 heterocycles. The van der Waals surface area contributed by atoms with Crippen molar-refractivity contribution in [1.29, 1.82) is 0 Å². The molecular weight excluding hydrogens is 446 g/mol. The average Bonchev–Trinajstić information content (AvgIpc) is 3.61. The van der Waals surface area contributed by atoms with Crippen LogP contribution in [0.1, 0.15) is 47.8 Å². The number of aromatic amines is 1. The summed E-state index contributed by atoms with van der Waals surface area (Å²) in [6.07, 6.45) is 5.55. The van der Waals surface area contributed by atoms with Gasteiger partial charge in [-0.25, -0.2) is 14.5 Å². The number of benzene rings is 1. The first-order chi connectivity index (χ1) is 16.7. The fraction of sp³-hybridized carbons (Fsp3) is 0.280. The summed E-state index contributed by atoms with van der Waals surface area (Å²) in [6, 6.07) is 12.1. The van der Waals surface area contributed by atoms with Crippen LogP contribution >= 0.6 is 11.3 Å². The molecule has 172 valence electrons. The number of para-hydroxylation sites is 1. The molecular formula is C25H25N7OS. The maximum Gasteiger partial charge on any atom is 0.252 e. The second-order valence-electron chi connectivity index (χ2n) is 8.93. The van der Waals surface area contributed by atoms with E-state index in [2.05, 4.69) is 38.6 Å². The second-order valence-corrected chi connectivity index (χ2v) is 9.71. The van der Waals surface area contributed by atoms with Crippen LogP contribution in [-0.2, 0) is 0 Å². The highest BCUT2D eigenvalue weighted by Crippen LogP contribution is 2.38. The van der Waals surface area contributed by atoms with Crippen LogP contribution in [0.25, 0.3) is 27.8 Å². The highest BCUT2D eigenvalue weighted by molar-refractivity contribution is 7.08. The standard InChI is InChI=1S/C25H25N7OS/c26-23-22-21(20-11-17-3-1-2-4-19(17)30-20)31-24(32(22)29-14-28-23)16-7-5-15(6-8-16)12-27-25(33)18-9-10-34-13-18/h1-4,9-11,13-16,30H,5-8,12H2,(H,27,33)(H2,26,28,29). The summed E-state index contributed by atoms with van der Waals surface area (Å²) in [7, 11) is 0. The minimum Gasteiger partial charge on any atom is -0.382 e. The van der Waals surface area contributed by atoms with Gasteiger partial charge in [-0.05, 0) is 55.2 Å². The van der Waals surface area contributed by atoms with Crippen molar-refractivity contribution in [2.75, 3.05) is 12.3 Å². The molecule has 4 N–H and O–H groups in total. The zero-order valence-corrected chi connectivity index (χ0v) is 19.4. The van der Waals surface area contributed by atoms with Crippen molar-refractivity contribution in [3.8, 4) is 11.4 Å². The number of anilines is 1. The number of nitrogens with two attached hydrogens (primary N) is 1. The predicted molar refractivity (Wildman–Crippen MR) is 134 cm³/mol. The summed E-state index contributed by atoms with van der Waals surface area (Å²) < 4.78 is 1.87. The van der Waals surface area contributed by atoms with Gasteiger partial charge in [0, 0.05) is 34.3 Å². The first-order valence-electron chi connectivity index (χ1n) is 11.5. The summed E-state index contributed by atoms with van der Waals surface area (Å²) in [6.45, 7) is 0.708. The Hall–Kier alpha value is -3.72. The van der Waals surface area contributed by atoms with Crippen molar-refractivity contribution in [2.45, 2.75) is 31.6 Å². The van der Waals surface area contributed by atoms with E-state index in [9.17, 15) is 4.79 Å². The van der Waals surface area contributed by atoms with Crippen LogP contribution in [0.15, 0.2) is 53.5 Å². The number of imidazole rings is 1. The van der Waals surface area contributed by atoms with E-state index in [0.717, 1.165) is 64.9 Å². The van der Waals surface area contributed by atoms with Gasteiger partial charge in [-0.1, -0.05) is 18.2 Å². The van der Waals surface area contributed by atoms with Crippen LogP contribution < -0.4 is 11.1 Å². The lowest BCUT2D eigenvalue weighted by Crippen LogP contribution is -2.31. The Morgan fingerprint density at radius 1 is 1.21 bits per heavy atom. The normalized spacial score (nSPS) is 18.5. The van der Waals surface area contributed by atoms with Crippen molar-refractivity contribution in [3.63, 3.8) is 0 Å². The predicted octanol–water partition coefficient (Wildman–Crippen LogP) is 4.62. The Labute approximate surface area is 200 Å². The molecule has 1 fully saturated rings. The van der Waals surface area contributed by atoms with Crippen LogP contribution in [0.4, 0.5) is 5.82 Å². The number of H-pyrrole nitrogens is 1. The minimum atomic E-state index is 0.0118. The van der Waals surface area contributed by atoms with Gasteiger partial charge in [0.25, 0.3) is 5.91 Å². The maximum absolute atomic E-state index is 12.3. The highest BCUT2D eigenvalue weighted by atomic mass is 32.1. The topological polar surface area (TPSA) is 114 Å². The van der Waals surface area contributed by atoms with Gasteiger partial charge in [0.2, 0.25) is 0 Å². The number of aromatic nitrogens is 5. The molecule has 1 aliphatic carbocycles. The number of carbonyl (C=O) groups excluding carboxylic acids is 1. The Balaban J connectivity index is 1.23. The SMILES string of the molecule is Nc1ncnn2c(C3CCC(CNC(=O)c4ccsc4)CC3)nc(-c3cc4ccccc4[nH]3)c12. The van der Waals surface area contributed by atoms with Gasteiger partial charge in [-0.3, -0.25) is 4.79 Å². The van der Waals surface area contributed by atoms with Gasteiger partial charge in [-0.2, -0.15) is 16.4 Å². The molecule has 0 bridgehead atoms. The molecule has 9 heteroatoms. The summed E-state index contributed by atoms with van der Waals surface area (Å²) in [5.41, 5.74) is 10.5. The summed E-state index contributed by atoms with van der Waals surface area (Å²) in [4.78, 5) is 25.0. The van der Waals surface area contributed by atoms with E-state index in [1.165, 1.54) is 17.7 Å². The number of nitrogens with zero attached hydrogens (tertiary/aromatic N) is 4. The molecule has 8 nitrogen and oxygen atoms in total. The van der Waals surface area contributed by atoms with E-state index in [4.69, 9.17) is 10.7 Å². The molecule has 5 aromatic rings. The van der Waals surface area contributed by atoms with Crippen LogP contribution in [0.5, 0.6) is 0 Å². The number of nitrogen functional groups attached to an aromatic ring is 1. The lowest BCUT2D eigenvalue weighted by molar-refractivity contribution is 0.0943. The van der Waals surface area contributed by atoms with Gasteiger partial charge < -0.3 is 16.0 Å². The summed E-state index contributed by atoms with van der Waals surface area (Å²) in [5, 5.41) is 12.5. The van der Waals surface area contributed by atoms with E-state index >= 15 is 0 Å². The third-order valence-electron chi connectivity index (χ3n) is 6.82. The fourth-order valence-corrected chi connectivity index (χ4v) is 5.62. The van der Waals surface area contributed by atoms with Crippen molar-refractivity contribution < 1.29 is 4.79 Å². The molecule has 0 unspecified atom stereocenters. The first-order valence-corrected chi connectivity index (χ1v) is 12.5. The second kappa shape index (κ2) is 8.57. The Morgan fingerprint density at radius 3 is 2.85 bits per heavy atom. The number of hydrogen-bond acceptors (Lipinski definition) is 6. The largest absolute Gasteiger partial charge is 0.382 e. The Morgan fingerprint density at radius 2 is 2.06 bits per heavy atom. The lowest BCUT2D eigenvalue weighted by atomic mass is 9.81. The van der Waals surface area contributed by atoms with Gasteiger partial charge in [0.1, 0.15) is 23.4 Å². The average molecular weight is 472 g/mol. The quantitative estimate of drug-likeness (QED) is 0.346. The zero-order chi connectivity index (χ0) is 23.1. The van der Waals surface area contributed by atoms with E-state index in [0.29, 0.717) is 18.3 Å². The van der Waals surface area contributed by atoms with Crippen LogP contribution in [-0.4, -0.2) is 37.0 Å². The smallest absolute Gasteiger partial charge is 0.252 e. The van der Waals surface area contributed by atoms with Crippen LogP contribution in [0.3, 0.4) is 0 Å². The molecule has 1 aliphatic rings. The first kappa shape index (κ1) is 20.9. The molecule has 0 spiro atoms. The monoisotopic (exact) mass is 471 g/mol. The summed E-state index contributed by atoms with van der Waals surface area (Å²) in [5.74, 6) is 2.12. The molecule has 34 heavy (non-hydrogen) atoms. The number of fused-ring (bicyclic) bond motifs is 2. The van der Waals surface area contributed by atoms with Crippen molar-refractivity contribution in [1.82, 2.24) is 29.9 Å². The lowest BCUT2D eigenvalue weighted by Gasteiger charge is -2.27. The molecule has 0 saturated heterocycles. The Bertz CT molecular complexity index is 1430. The number of nitrogens with one attached hydrogen (secondary N) is 2. The third kappa shape index (κ3) is 3.71. The van der Waals surface area contributed by atoms with Gasteiger partial charge in [0.15, 0.2) is 5.82 Å². The van der Waals surface area contributed by atoms with Crippen molar-refractivity contribution >= 4 is 39.5 Å². The van der Waals surface area contributed by atoms with Gasteiger partial charge in [-0.15, -0.1) is 0 Å². The number of thiophene rings is 1. The van der Waals surface area contributed by atoms with E-state index < -0.39 is 0 Å². The molecule has 4 aromatic heterocycles. The number of carbonyl (C=O) groups is 1. The van der Waals surface area contributed by atoms with Crippen LogP contribution in [0, 0.1) is 5.92 Å². The summed E-state index contributed by atoms with van der Waals surface area (Å²) >= 11 is 1.54. The number of hydrogen-bond donors (Lipinski definition) is 3. The molecule has 6 rings (SSSR count). The molecule has 0 aliphatic heterocycles. The van der Waals surface area contributed by atoms with Crippen LogP contribution in [0.2, 0.25) is 0 Å². The highest BCUT2D eigenvalue weighted by Gasteiger charge is 2.28. The number of amides is 1. The fourth-order valence-electron chi connectivity index (χ4n) is 4.99. The van der Waals surface area contributed by atoms with E-state index in [-0.39, 0.29) is 11.8 Å². The molecule has 1 amide bonds. The van der Waals surface area contributed by atoms with Gasteiger partial charge in [0.05, 0.1) is 5.69 Å².